The van der Waals surface area contributed by atoms with Crippen molar-refractivity contribution in [3.8, 4) is 0 Å². The van der Waals surface area contributed by atoms with Gasteiger partial charge in [0.15, 0.2) is 0 Å². The molecule has 0 aliphatic carbocycles. The maximum atomic E-state index is 13.5. The normalized spacial score (nSPS) is 21.7. The van der Waals surface area contributed by atoms with Crippen LogP contribution in [0.3, 0.4) is 0 Å². The fourth-order valence-electron chi connectivity index (χ4n) is 3.23. The van der Waals surface area contributed by atoms with Crippen LogP contribution in [0.2, 0.25) is 0 Å². The number of benzene rings is 1. The lowest BCUT2D eigenvalue weighted by Crippen LogP contribution is -2.24. The van der Waals surface area contributed by atoms with E-state index in [1.54, 1.807) is 16.8 Å². The third kappa shape index (κ3) is 3.24. The number of aliphatic carboxylic acids is 1. The van der Waals surface area contributed by atoms with Crippen molar-refractivity contribution in [3.63, 3.8) is 0 Å². The van der Waals surface area contributed by atoms with Crippen LogP contribution in [0.1, 0.15) is 23.1 Å². The van der Waals surface area contributed by atoms with Gasteiger partial charge in [0.1, 0.15) is 17.5 Å². The molecule has 23 heavy (non-hydrogen) atoms. The third-order valence-electron chi connectivity index (χ3n) is 4.31. The standard InChI is InChI=1S/C16H19FN4O2/c1-10-18-15(20(2)19-10)9-21-7-13(14(8-21)16(22)23)11-4-3-5-12(17)6-11/h3-6,13-14H,7-9H2,1-2H3,(H,22,23)/t13-,14+/m1/s1. The Kier molecular flexibility index (Phi) is 4.12. The molecule has 0 unspecified atom stereocenters. The minimum Gasteiger partial charge on any atom is -0.481 e. The molecule has 2 atom stereocenters. The highest BCUT2D eigenvalue weighted by molar-refractivity contribution is 5.72. The lowest BCUT2D eigenvalue weighted by Gasteiger charge is -2.15. The van der Waals surface area contributed by atoms with Gasteiger partial charge in [-0.15, -0.1) is 0 Å². The Morgan fingerprint density at radius 2 is 2.22 bits per heavy atom. The lowest BCUT2D eigenvalue weighted by molar-refractivity contribution is -0.141. The molecule has 3 rings (SSSR count). The van der Waals surface area contributed by atoms with Gasteiger partial charge in [-0.1, -0.05) is 12.1 Å². The Morgan fingerprint density at radius 1 is 1.43 bits per heavy atom. The fraction of sp³-hybridized carbons (Fsp3) is 0.438. The van der Waals surface area contributed by atoms with Crippen LogP contribution in [-0.2, 0) is 18.4 Å². The number of nitrogens with zero attached hydrogens (tertiary/aromatic N) is 4. The monoisotopic (exact) mass is 318 g/mol. The van der Waals surface area contributed by atoms with Gasteiger partial charge in [-0.05, 0) is 24.6 Å². The molecule has 2 heterocycles. The van der Waals surface area contributed by atoms with Crippen LogP contribution < -0.4 is 0 Å². The molecule has 0 bridgehead atoms. The Morgan fingerprint density at radius 3 is 2.83 bits per heavy atom. The van der Waals surface area contributed by atoms with Gasteiger partial charge in [0.25, 0.3) is 0 Å². The summed E-state index contributed by atoms with van der Waals surface area (Å²) in [6.45, 7) is 3.34. The zero-order valence-electron chi connectivity index (χ0n) is 13.1. The molecular weight excluding hydrogens is 299 g/mol. The van der Waals surface area contributed by atoms with Gasteiger partial charge in [0.05, 0.1) is 12.5 Å². The molecule has 122 valence electrons. The molecule has 7 heteroatoms. The predicted molar refractivity (Wildman–Crippen MR) is 81.3 cm³/mol. The number of carboxylic acids is 1. The van der Waals surface area contributed by atoms with Crippen LogP contribution in [-0.4, -0.2) is 43.8 Å². The van der Waals surface area contributed by atoms with E-state index in [2.05, 4.69) is 10.1 Å². The minimum absolute atomic E-state index is 0.225. The van der Waals surface area contributed by atoms with E-state index >= 15 is 0 Å². The van der Waals surface area contributed by atoms with Gasteiger partial charge < -0.3 is 5.11 Å². The van der Waals surface area contributed by atoms with Crippen molar-refractivity contribution in [1.82, 2.24) is 19.7 Å². The molecule has 1 aliphatic rings. The maximum absolute atomic E-state index is 13.5. The van der Waals surface area contributed by atoms with Crippen molar-refractivity contribution >= 4 is 5.97 Å². The average molecular weight is 318 g/mol. The molecule has 0 spiro atoms. The van der Waals surface area contributed by atoms with Crippen LogP contribution in [0.5, 0.6) is 0 Å². The summed E-state index contributed by atoms with van der Waals surface area (Å²) in [7, 11) is 1.82. The van der Waals surface area contributed by atoms with E-state index in [1.165, 1.54) is 12.1 Å². The highest BCUT2D eigenvalue weighted by Gasteiger charge is 2.38. The first-order chi connectivity index (χ1) is 10.9. The second kappa shape index (κ2) is 6.08. The molecular formula is C16H19FN4O2. The molecule has 0 saturated carbocycles. The number of likely N-dealkylation sites (tertiary alicyclic amines) is 1. The molecule has 1 aliphatic heterocycles. The van der Waals surface area contributed by atoms with Gasteiger partial charge >= 0.3 is 5.97 Å². The van der Waals surface area contributed by atoms with Gasteiger partial charge in [-0.3, -0.25) is 14.4 Å². The number of aromatic nitrogens is 3. The van der Waals surface area contributed by atoms with E-state index in [-0.39, 0.29) is 11.7 Å². The van der Waals surface area contributed by atoms with E-state index in [0.717, 1.165) is 11.4 Å². The number of rotatable bonds is 4. The van der Waals surface area contributed by atoms with Gasteiger partial charge in [-0.2, -0.15) is 5.10 Å². The first kappa shape index (κ1) is 15.6. The Labute approximate surface area is 133 Å². The quantitative estimate of drug-likeness (QED) is 0.926. The summed E-state index contributed by atoms with van der Waals surface area (Å²) in [4.78, 5) is 18.0. The summed E-state index contributed by atoms with van der Waals surface area (Å²) < 4.78 is 15.2. The number of carboxylic acid groups (broad SMARTS) is 1. The van der Waals surface area contributed by atoms with E-state index in [9.17, 15) is 14.3 Å². The van der Waals surface area contributed by atoms with Gasteiger partial charge in [-0.25, -0.2) is 9.37 Å². The summed E-state index contributed by atoms with van der Waals surface area (Å²) in [5.74, 6) is -0.474. The molecule has 0 radical (unpaired) electrons. The summed E-state index contributed by atoms with van der Waals surface area (Å²) >= 11 is 0. The van der Waals surface area contributed by atoms with E-state index < -0.39 is 11.9 Å². The van der Waals surface area contributed by atoms with Crippen LogP contribution in [0.4, 0.5) is 4.39 Å². The molecule has 0 amide bonds. The smallest absolute Gasteiger partial charge is 0.308 e. The van der Waals surface area contributed by atoms with Crippen LogP contribution in [0.25, 0.3) is 0 Å². The zero-order chi connectivity index (χ0) is 16.6. The summed E-state index contributed by atoms with van der Waals surface area (Å²) in [6.07, 6.45) is 0. The Hall–Kier alpha value is -2.28. The molecule has 6 nitrogen and oxygen atoms in total. The second-order valence-corrected chi connectivity index (χ2v) is 6.00. The number of hydrogen-bond donors (Lipinski definition) is 1. The molecule has 1 fully saturated rings. The van der Waals surface area contributed by atoms with Crippen molar-refractivity contribution in [2.75, 3.05) is 13.1 Å². The zero-order valence-corrected chi connectivity index (χ0v) is 13.1. The average Bonchev–Trinajstić information content (AvgIpc) is 3.03. The van der Waals surface area contributed by atoms with Crippen molar-refractivity contribution in [2.24, 2.45) is 13.0 Å². The summed E-state index contributed by atoms with van der Waals surface area (Å²) in [5.41, 5.74) is 0.731. The number of carbonyl (C=O) groups is 1. The Bertz CT molecular complexity index is 731. The number of hydrogen-bond acceptors (Lipinski definition) is 4. The highest BCUT2D eigenvalue weighted by atomic mass is 19.1. The third-order valence-corrected chi connectivity index (χ3v) is 4.31. The maximum Gasteiger partial charge on any atom is 0.308 e. The van der Waals surface area contributed by atoms with Crippen molar-refractivity contribution in [3.05, 3.63) is 47.3 Å². The van der Waals surface area contributed by atoms with Crippen molar-refractivity contribution < 1.29 is 14.3 Å². The molecule has 1 aromatic carbocycles. The molecule has 1 saturated heterocycles. The minimum atomic E-state index is -0.851. The van der Waals surface area contributed by atoms with Gasteiger partial charge in [0.2, 0.25) is 0 Å². The van der Waals surface area contributed by atoms with E-state index in [4.69, 9.17) is 0 Å². The largest absolute Gasteiger partial charge is 0.481 e. The van der Waals surface area contributed by atoms with Crippen LogP contribution in [0, 0.1) is 18.7 Å². The van der Waals surface area contributed by atoms with E-state index in [1.807, 2.05) is 18.9 Å². The van der Waals surface area contributed by atoms with Crippen molar-refractivity contribution in [1.29, 1.82) is 0 Å². The predicted octanol–water partition coefficient (Wildman–Crippen LogP) is 1.56. The lowest BCUT2D eigenvalue weighted by atomic mass is 9.89. The van der Waals surface area contributed by atoms with Crippen molar-refractivity contribution in [2.45, 2.75) is 19.4 Å². The first-order valence-corrected chi connectivity index (χ1v) is 7.51. The molecule has 1 N–H and O–H groups in total. The van der Waals surface area contributed by atoms with Crippen LogP contribution in [0.15, 0.2) is 24.3 Å². The number of aryl methyl sites for hydroxylation is 2. The highest BCUT2D eigenvalue weighted by Crippen LogP contribution is 2.33. The molecule has 2 aromatic rings. The Balaban J connectivity index is 1.81. The summed E-state index contributed by atoms with van der Waals surface area (Å²) in [5, 5.41) is 13.7. The second-order valence-electron chi connectivity index (χ2n) is 6.00. The first-order valence-electron chi connectivity index (χ1n) is 7.51. The van der Waals surface area contributed by atoms with Gasteiger partial charge in [0, 0.05) is 26.1 Å². The topological polar surface area (TPSA) is 71.2 Å². The summed E-state index contributed by atoms with van der Waals surface area (Å²) in [6, 6.07) is 6.21. The molecule has 1 aromatic heterocycles. The number of halogens is 1. The fourth-order valence-corrected chi connectivity index (χ4v) is 3.23. The van der Waals surface area contributed by atoms with Crippen LogP contribution >= 0.6 is 0 Å². The SMILES string of the molecule is Cc1nc(CN2C[C@H](C(=O)O)[C@@H](c3cccc(F)c3)C2)n(C)n1. The van der Waals surface area contributed by atoms with E-state index in [0.29, 0.717) is 25.5 Å².